The van der Waals surface area contributed by atoms with Crippen LogP contribution < -0.4 is 9.80 Å². The van der Waals surface area contributed by atoms with Gasteiger partial charge >= 0.3 is 0 Å². The van der Waals surface area contributed by atoms with Crippen LogP contribution in [0, 0.1) is 0 Å². The van der Waals surface area contributed by atoms with Crippen LogP contribution in [0.4, 0.5) is 34.1 Å². The van der Waals surface area contributed by atoms with Crippen LogP contribution in [0.1, 0.15) is 0 Å². The van der Waals surface area contributed by atoms with Crippen molar-refractivity contribution >= 4 is 65.6 Å². The van der Waals surface area contributed by atoms with Crippen molar-refractivity contribution in [1.82, 2.24) is 0 Å². The first-order valence-electron chi connectivity index (χ1n) is 21.4. The SMILES string of the molecule is c1ccc(-c2ccc(N(c3ccccc3)c3ccc(-c4ccc5sc6ccc(-c7ccc(N(c8ccccc8)c8ccc(-c9ccccc9)cc8)cc7)cc6c5c4)cc3)cc2)cc1. The average Bonchev–Trinajstić information content (AvgIpc) is 3.74. The Bertz CT molecular complexity index is 3050. The maximum absolute atomic E-state index is 2.37. The van der Waals surface area contributed by atoms with Gasteiger partial charge in [-0.05, 0) is 142 Å². The van der Waals surface area contributed by atoms with E-state index in [1.165, 1.54) is 64.7 Å². The van der Waals surface area contributed by atoms with Crippen molar-refractivity contribution in [1.29, 1.82) is 0 Å². The lowest BCUT2D eigenvalue weighted by Crippen LogP contribution is -2.09. The zero-order chi connectivity index (χ0) is 42.0. The Morgan fingerprint density at radius 2 is 0.444 bits per heavy atom. The Morgan fingerprint density at radius 1 is 0.206 bits per heavy atom. The third kappa shape index (κ3) is 7.67. The third-order valence-corrected chi connectivity index (χ3v) is 13.0. The van der Waals surface area contributed by atoms with Gasteiger partial charge in [-0.1, -0.05) is 158 Å². The first-order chi connectivity index (χ1) is 31.2. The van der Waals surface area contributed by atoms with Crippen LogP contribution in [0.15, 0.2) is 255 Å². The van der Waals surface area contributed by atoms with Crippen LogP contribution in [0.3, 0.4) is 0 Å². The molecule has 0 radical (unpaired) electrons. The molecule has 63 heavy (non-hydrogen) atoms. The van der Waals surface area contributed by atoms with Crippen molar-refractivity contribution < 1.29 is 0 Å². The molecular weight excluding hydrogens is 781 g/mol. The summed E-state index contributed by atoms with van der Waals surface area (Å²) < 4.78 is 2.59. The predicted octanol–water partition coefficient (Wildman–Crippen LogP) is 17.7. The van der Waals surface area contributed by atoms with Crippen LogP contribution in [0.5, 0.6) is 0 Å². The number of hydrogen-bond acceptors (Lipinski definition) is 3. The van der Waals surface area contributed by atoms with Gasteiger partial charge in [0.1, 0.15) is 0 Å². The molecule has 0 fully saturated rings. The van der Waals surface area contributed by atoms with E-state index in [4.69, 9.17) is 0 Å². The van der Waals surface area contributed by atoms with E-state index in [1.54, 1.807) is 0 Å². The number of thiophene rings is 1. The van der Waals surface area contributed by atoms with Crippen LogP contribution >= 0.6 is 11.3 Å². The minimum atomic E-state index is 1.11. The molecule has 11 rings (SSSR count). The summed E-state index contributed by atoms with van der Waals surface area (Å²) in [4.78, 5) is 4.65. The van der Waals surface area contributed by atoms with Gasteiger partial charge in [-0.3, -0.25) is 0 Å². The van der Waals surface area contributed by atoms with Gasteiger partial charge in [0.25, 0.3) is 0 Å². The summed E-state index contributed by atoms with van der Waals surface area (Å²) in [5.41, 5.74) is 16.3. The molecule has 0 saturated heterocycles. The van der Waals surface area contributed by atoms with E-state index in [0.29, 0.717) is 0 Å². The van der Waals surface area contributed by atoms with E-state index in [9.17, 15) is 0 Å². The number of rotatable bonds is 10. The molecule has 0 aliphatic carbocycles. The summed E-state index contributed by atoms with van der Waals surface area (Å²) >= 11 is 1.86. The minimum absolute atomic E-state index is 1.11. The van der Waals surface area contributed by atoms with Gasteiger partial charge in [-0.2, -0.15) is 0 Å². The fourth-order valence-corrected chi connectivity index (χ4v) is 9.72. The van der Waals surface area contributed by atoms with Gasteiger partial charge in [0, 0.05) is 54.3 Å². The molecule has 0 N–H and O–H groups in total. The summed E-state index contributed by atoms with van der Waals surface area (Å²) in [5, 5.41) is 2.57. The van der Waals surface area contributed by atoms with E-state index in [-0.39, 0.29) is 0 Å². The van der Waals surface area contributed by atoms with Gasteiger partial charge in [-0.15, -0.1) is 11.3 Å². The molecular formula is C60H42N2S. The van der Waals surface area contributed by atoms with Crippen LogP contribution in [-0.2, 0) is 0 Å². The van der Waals surface area contributed by atoms with E-state index in [0.717, 1.165) is 34.1 Å². The summed E-state index contributed by atoms with van der Waals surface area (Å²) in [6.45, 7) is 0. The highest BCUT2D eigenvalue weighted by molar-refractivity contribution is 7.25. The number of benzene rings is 10. The highest BCUT2D eigenvalue weighted by Gasteiger charge is 2.16. The lowest BCUT2D eigenvalue weighted by atomic mass is 9.99. The Balaban J connectivity index is 0.884. The second kappa shape index (κ2) is 16.8. The summed E-state index contributed by atoms with van der Waals surface area (Å²) in [5.74, 6) is 0. The molecule has 0 unspecified atom stereocenters. The second-order valence-electron chi connectivity index (χ2n) is 15.8. The Hall–Kier alpha value is -7.98. The standard InChI is InChI=1S/C60H42N2S/c1-5-13-43(14-6-1)45-21-31-53(32-22-45)61(51-17-9-3-10-18-51)55-35-25-47(26-36-55)49-29-39-59-57(41-49)58-42-50(30-40-60(58)63-59)48-27-37-56(38-28-48)62(52-19-11-4-12-20-52)54-33-23-46(24-34-54)44-15-7-2-8-16-44/h1-42H. The Labute approximate surface area is 372 Å². The molecule has 1 heterocycles. The van der Waals surface area contributed by atoms with Crippen molar-refractivity contribution in [3.05, 3.63) is 255 Å². The summed E-state index contributed by atoms with van der Waals surface area (Å²) in [7, 11) is 0. The van der Waals surface area contributed by atoms with E-state index in [2.05, 4.69) is 265 Å². The summed E-state index contributed by atoms with van der Waals surface area (Å²) in [6.07, 6.45) is 0. The molecule has 0 atom stereocenters. The van der Waals surface area contributed by atoms with E-state index < -0.39 is 0 Å². The highest BCUT2D eigenvalue weighted by atomic mass is 32.1. The maximum Gasteiger partial charge on any atom is 0.0462 e. The van der Waals surface area contributed by atoms with Crippen LogP contribution in [-0.4, -0.2) is 0 Å². The molecule has 0 amide bonds. The van der Waals surface area contributed by atoms with Crippen molar-refractivity contribution in [2.45, 2.75) is 0 Å². The number of fused-ring (bicyclic) bond motifs is 3. The number of hydrogen-bond donors (Lipinski definition) is 0. The molecule has 2 nitrogen and oxygen atoms in total. The van der Waals surface area contributed by atoms with Gasteiger partial charge in [0.2, 0.25) is 0 Å². The molecule has 298 valence electrons. The van der Waals surface area contributed by atoms with Gasteiger partial charge in [-0.25, -0.2) is 0 Å². The van der Waals surface area contributed by atoms with Crippen molar-refractivity contribution in [3.8, 4) is 44.5 Å². The maximum atomic E-state index is 2.37. The number of para-hydroxylation sites is 2. The Kier molecular flexibility index (Phi) is 10.1. The summed E-state index contributed by atoms with van der Waals surface area (Å²) in [6, 6.07) is 91.8. The molecule has 1 aromatic heterocycles. The number of nitrogens with zero attached hydrogens (tertiary/aromatic N) is 2. The topological polar surface area (TPSA) is 6.48 Å². The second-order valence-corrected chi connectivity index (χ2v) is 16.9. The molecule has 0 bridgehead atoms. The van der Waals surface area contributed by atoms with Crippen molar-refractivity contribution in [2.75, 3.05) is 9.80 Å². The lowest BCUT2D eigenvalue weighted by Gasteiger charge is -2.26. The smallest absolute Gasteiger partial charge is 0.0462 e. The van der Waals surface area contributed by atoms with Gasteiger partial charge < -0.3 is 9.80 Å². The van der Waals surface area contributed by atoms with E-state index >= 15 is 0 Å². The highest BCUT2D eigenvalue weighted by Crippen LogP contribution is 2.42. The average molecular weight is 823 g/mol. The molecule has 10 aromatic carbocycles. The molecule has 3 heteroatoms. The van der Waals surface area contributed by atoms with Gasteiger partial charge in [0.05, 0.1) is 0 Å². The first kappa shape index (κ1) is 38.0. The predicted molar refractivity (Wildman–Crippen MR) is 270 cm³/mol. The quantitative estimate of drug-likeness (QED) is 0.136. The van der Waals surface area contributed by atoms with Crippen LogP contribution in [0.2, 0.25) is 0 Å². The number of anilines is 6. The molecule has 11 aromatic rings. The zero-order valence-electron chi connectivity index (χ0n) is 34.6. The molecule has 0 saturated carbocycles. The fraction of sp³-hybridized carbons (Fsp3) is 0. The third-order valence-electron chi connectivity index (χ3n) is 11.9. The minimum Gasteiger partial charge on any atom is -0.311 e. The van der Waals surface area contributed by atoms with Crippen molar-refractivity contribution in [3.63, 3.8) is 0 Å². The molecule has 0 aliphatic heterocycles. The van der Waals surface area contributed by atoms with E-state index in [1.807, 2.05) is 11.3 Å². The zero-order valence-corrected chi connectivity index (χ0v) is 35.4. The monoisotopic (exact) mass is 822 g/mol. The first-order valence-corrected chi connectivity index (χ1v) is 22.2. The largest absolute Gasteiger partial charge is 0.311 e. The molecule has 0 spiro atoms. The Morgan fingerprint density at radius 3 is 0.762 bits per heavy atom. The van der Waals surface area contributed by atoms with Gasteiger partial charge in [0.15, 0.2) is 0 Å². The normalized spacial score (nSPS) is 11.2. The fourth-order valence-electron chi connectivity index (χ4n) is 8.66. The van der Waals surface area contributed by atoms with Crippen molar-refractivity contribution in [2.24, 2.45) is 0 Å². The lowest BCUT2D eigenvalue weighted by molar-refractivity contribution is 1.28. The molecule has 0 aliphatic rings. The van der Waals surface area contributed by atoms with Crippen LogP contribution in [0.25, 0.3) is 64.7 Å².